The molecule has 0 radical (unpaired) electrons. The molecule has 2 rings (SSSR count). The van der Waals surface area contributed by atoms with Crippen molar-refractivity contribution in [3.63, 3.8) is 0 Å². The first-order chi connectivity index (χ1) is 13.4. The van der Waals surface area contributed by atoms with E-state index >= 15 is 0 Å². The van der Waals surface area contributed by atoms with Crippen LogP contribution in [-0.2, 0) is 21.0 Å². The molecule has 6 nitrogen and oxygen atoms in total. The zero-order valence-corrected chi connectivity index (χ0v) is 16.8. The fraction of sp³-hybridized carbons (Fsp3) is 0.263. The highest BCUT2D eigenvalue weighted by molar-refractivity contribution is 7.92. The van der Waals surface area contributed by atoms with Crippen LogP contribution < -0.4 is 9.73 Å². The number of carbonyl (C=O) groups excluding carboxylic acids is 1. The van der Waals surface area contributed by atoms with E-state index in [9.17, 15) is 26.4 Å². The van der Waals surface area contributed by atoms with Crippen LogP contribution in [0.5, 0.6) is 0 Å². The maximum atomic E-state index is 12.7. The van der Waals surface area contributed by atoms with E-state index in [-0.39, 0.29) is 5.56 Å². The second-order valence-electron chi connectivity index (χ2n) is 6.48. The summed E-state index contributed by atoms with van der Waals surface area (Å²) in [6.45, 7) is 2.99. The number of amides is 1. The lowest BCUT2D eigenvalue weighted by atomic mass is 10.1. The molecule has 0 aliphatic heterocycles. The minimum Gasteiger partial charge on any atom is -0.271 e. The van der Waals surface area contributed by atoms with E-state index in [4.69, 9.17) is 0 Å². The average molecular weight is 427 g/mol. The summed E-state index contributed by atoms with van der Waals surface area (Å²) in [5, 5.41) is 3.62. The zero-order valence-electron chi connectivity index (χ0n) is 16.0. The summed E-state index contributed by atoms with van der Waals surface area (Å²) in [5.74, 6) is -0.737. The molecule has 0 spiro atoms. The molecule has 2 aromatic carbocycles. The molecule has 10 heteroatoms. The van der Waals surface area contributed by atoms with E-state index in [1.54, 1.807) is 26.0 Å². The Kier molecular flexibility index (Phi) is 6.68. The van der Waals surface area contributed by atoms with Gasteiger partial charge in [-0.15, -0.1) is 0 Å². The Hall–Kier alpha value is -2.88. The van der Waals surface area contributed by atoms with Gasteiger partial charge in [0, 0.05) is 0 Å². The second-order valence-corrected chi connectivity index (χ2v) is 8.38. The standard InChI is InChI=1S/C19H20F3N3O3S/c1-13-7-8-14(2)17(9-13)25(29(3,27)28)12-18(26)24-23-11-15-5-4-6-16(10-15)19(20,21)22/h4-11H,12H2,1-3H3,(H,24,26)/b23-11-. The highest BCUT2D eigenvalue weighted by Crippen LogP contribution is 2.29. The van der Waals surface area contributed by atoms with Crippen LogP contribution in [0.1, 0.15) is 22.3 Å². The van der Waals surface area contributed by atoms with Crippen molar-refractivity contribution in [2.45, 2.75) is 20.0 Å². The quantitative estimate of drug-likeness (QED) is 0.568. The third-order valence-electron chi connectivity index (χ3n) is 3.94. The van der Waals surface area contributed by atoms with E-state index in [0.717, 1.165) is 34.5 Å². The minimum atomic E-state index is -4.49. The maximum Gasteiger partial charge on any atom is 0.416 e. The van der Waals surface area contributed by atoms with Gasteiger partial charge in [0.05, 0.1) is 23.7 Å². The van der Waals surface area contributed by atoms with Crippen LogP contribution in [0, 0.1) is 13.8 Å². The summed E-state index contributed by atoms with van der Waals surface area (Å²) in [4.78, 5) is 12.2. The van der Waals surface area contributed by atoms with Crippen molar-refractivity contribution in [2.75, 3.05) is 17.1 Å². The van der Waals surface area contributed by atoms with Crippen LogP contribution in [0.3, 0.4) is 0 Å². The van der Waals surface area contributed by atoms with Crippen LogP contribution in [0.2, 0.25) is 0 Å². The number of anilines is 1. The van der Waals surface area contributed by atoms with E-state index in [2.05, 4.69) is 10.5 Å². The summed E-state index contributed by atoms with van der Waals surface area (Å²) in [6, 6.07) is 9.63. The third kappa shape index (κ3) is 6.31. The summed E-state index contributed by atoms with van der Waals surface area (Å²) in [5.41, 5.74) is 3.29. The van der Waals surface area contributed by atoms with E-state index in [1.807, 2.05) is 6.07 Å². The lowest BCUT2D eigenvalue weighted by molar-refractivity contribution is -0.137. The van der Waals surface area contributed by atoms with Gasteiger partial charge in [-0.05, 0) is 48.7 Å². The summed E-state index contributed by atoms with van der Waals surface area (Å²) < 4.78 is 63.4. The van der Waals surface area contributed by atoms with Crippen molar-refractivity contribution in [1.82, 2.24) is 5.43 Å². The van der Waals surface area contributed by atoms with Gasteiger partial charge in [-0.1, -0.05) is 24.3 Å². The molecule has 0 saturated heterocycles. The van der Waals surface area contributed by atoms with Crippen LogP contribution >= 0.6 is 0 Å². The molecule has 156 valence electrons. The number of rotatable bonds is 6. The molecule has 0 aromatic heterocycles. The Morgan fingerprint density at radius 3 is 2.48 bits per heavy atom. The number of hydrazone groups is 1. The van der Waals surface area contributed by atoms with Crippen molar-refractivity contribution < 1.29 is 26.4 Å². The van der Waals surface area contributed by atoms with Crippen molar-refractivity contribution in [3.8, 4) is 0 Å². The number of benzene rings is 2. The molecule has 29 heavy (non-hydrogen) atoms. The van der Waals surface area contributed by atoms with E-state index in [0.29, 0.717) is 11.3 Å². The Balaban J connectivity index is 2.14. The SMILES string of the molecule is Cc1ccc(C)c(N(CC(=O)N/N=C\c2cccc(C(F)(F)F)c2)S(C)(=O)=O)c1. The van der Waals surface area contributed by atoms with E-state index < -0.39 is 34.2 Å². The van der Waals surface area contributed by atoms with Crippen LogP contribution in [0.25, 0.3) is 0 Å². The van der Waals surface area contributed by atoms with Crippen LogP contribution in [0.15, 0.2) is 47.6 Å². The van der Waals surface area contributed by atoms with Crippen LogP contribution in [0.4, 0.5) is 18.9 Å². The molecule has 0 aliphatic rings. The highest BCUT2D eigenvalue weighted by atomic mass is 32.2. The smallest absolute Gasteiger partial charge is 0.271 e. The number of hydrogen-bond donors (Lipinski definition) is 1. The second kappa shape index (κ2) is 8.64. The van der Waals surface area contributed by atoms with E-state index in [1.165, 1.54) is 12.1 Å². The first-order valence-electron chi connectivity index (χ1n) is 8.42. The van der Waals surface area contributed by atoms with Gasteiger partial charge < -0.3 is 0 Å². The monoisotopic (exact) mass is 427 g/mol. The highest BCUT2D eigenvalue weighted by Gasteiger charge is 2.30. The number of carbonyl (C=O) groups is 1. The van der Waals surface area contributed by atoms with Gasteiger partial charge in [0.1, 0.15) is 6.54 Å². The number of nitrogens with one attached hydrogen (secondary N) is 1. The molecular weight excluding hydrogens is 407 g/mol. The molecule has 0 saturated carbocycles. The number of sulfonamides is 1. The Labute approximate surface area is 167 Å². The van der Waals surface area contributed by atoms with Gasteiger partial charge in [-0.25, -0.2) is 13.8 Å². The fourth-order valence-corrected chi connectivity index (χ4v) is 3.41. The normalized spacial score (nSPS) is 12.2. The van der Waals surface area contributed by atoms with Gasteiger partial charge in [0.2, 0.25) is 10.0 Å². The minimum absolute atomic E-state index is 0.134. The first kappa shape index (κ1) is 22.4. The maximum absolute atomic E-state index is 12.7. The molecule has 0 fully saturated rings. The summed E-state index contributed by atoms with van der Waals surface area (Å²) in [7, 11) is -3.76. The number of hydrogen-bond acceptors (Lipinski definition) is 4. The summed E-state index contributed by atoms with van der Waals surface area (Å²) >= 11 is 0. The van der Waals surface area contributed by atoms with Gasteiger partial charge in [0.15, 0.2) is 0 Å². The van der Waals surface area contributed by atoms with Gasteiger partial charge >= 0.3 is 6.18 Å². The number of aryl methyl sites for hydroxylation is 2. The Bertz CT molecular complexity index is 1030. The topological polar surface area (TPSA) is 78.8 Å². The number of nitrogens with zero attached hydrogens (tertiary/aromatic N) is 2. The Morgan fingerprint density at radius 2 is 1.86 bits per heavy atom. The van der Waals surface area contributed by atoms with Crippen molar-refractivity contribution >= 4 is 27.8 Å². The average Bonchev–Trinajstić information content (AvgIpc) is 2.60. The van der Waals surface area contributed by atoms with Crippen molar-refractivity contribution in [1.29, 1.82) is 0 Å². The largest absolute Gasteiger partial charge is 0.416 e. The fourth-order valence-electron chi connectivity index (χ4n) is 2.51. The van der Waals surface area contributed by atoms with Crippen LogP contribution in [-0.4, -0.2) is 33.3 Å². The molecule has 1 N–H and O–H groups in total. The molecule has 0 atom stereocenters. The predicted octanol–water partition coefficient (Wildman–Crippen LogP) is 3.24. The number of halogens is 3. The summed E-state index contributed by atoms with van der Waals surface area (Å²) in [6.07, 6.45) is -2.46. The molecule has 0 unspecified atom stereocenters. The lowest BCUT2D eigenvalue weighted by Gasteiger charge is -2.23. The lowest BCUT2D eigenvalue weighted by Crippen LogP contribution is -2.39. The van der Waals surface area contributed by atoms with Gasteiger partial charge in [-0.2, -0.15) is 18.3 Å². The molecular formula is C19H20F3N3O3S. The molecule has 0 bridgehead atoms. The molecule has 0 heterocycles. The van der Waals surface area contributed by atoms with Crippen molar-refractivity contribution in [2.24, 2.45) is 5.10 Å². The third-order valence-corrected chi connectivity index (χ3v) is 5.06. The van der Waals surface area contributed by atoms with Crippen molar-refractivity contribution in [3.05, 3.63) is 64.7 Å². The molecule has 2 aromatic rings. The van der Waals surface area contributed by atoms with Gasteiger partial charge in [0.25, 0.3) is 5.91 Å². The van der Waals surface area contributed by atoms with Gasteiger partial charge in [-0.3, -0.25) is 9.10 Å². The Morgan fingerprint density at radius 1 is 1.17 bits per heavy atom. The molecule has 0 aliphatic carbocycles. The number of alkyl halides is 3. The first-order valence-corrected chi connectivity index (χ1v) is 10.3. The molecule has 1 amide bonds. The zero-order chi connectivity index (χ0) is 21.8. The predicted molar refractivity (Wildman–Crippen MR) is 105 cm³/mol.